The number of rotatable bonds is 9. The molecule has 1 unspecified atom stereocenters. The fourth-order valence-corrected chi connectivity index (χ4v) is 3.27. The molecule has 162 valence electrons. The summed E-state index contributed by atoms with van der Waals surface area (Å²) in [4.78, 5) is 22.0. The maximum Gasteiger partial charge on any atom is 0.407 e. The molecule has 0 radical (unpaired) electrons. The third-order valence-electron chi connectivity index (χ3n) is 3.68. The molecule has 1 atom stereocenters. The minimum absolute atomic E-state index is 0. The number of nitrogens with zero attached hydrogens (tertiary/aromatic N) is 2. The molecule has 1 aromatic rings. The Kier molecular flexibility index (Phi) is 13.4. The highest BCUT2D eigenvalue weighted by atomic mass is 127. The Hall–Kier alpha value is -1.10. The van der Waals surface area contributed by atoms with Gasteiger partial charge in [-0.05, 0) is 33.6 Å². The highest BCUT2D eigenvalue weighted by Crippen LogP contribution is 2.13. The van der Waals surface area contributed by atoms with E-state index in [1.165, 1.54) is 4.88 Å². The van der Waals surface area contributed by atoms with Gasteiger partial charge in [0.1, 0.15) is 5.60 Å². The maximum absolute atomic E-state index is 12.0. The van der Waals surface area contributed by atoms with Gasteiger partial charge in [-0.2, -0.15) is 0 Å². The highest BCUT2D eigenvalue weighted by molar-refractivity contribution is 14.0. The second-order valence-corrected chi connectivity index (χ2v) is 8.54. The quantitative estimate of drug-likeness (QED) is 0.260. The Balaban J connectivity index is 0.00000729. The second-order valence-electron chi connectivity index (χ2n) is 7.34. The summed E-state index contributed by atoms with van der Waals surface area (Å²) in [5, 5.41) is 10.6. The van der Waals surface area contributed by atoms with E-state index < -0.39 is 5.60 Å². The van der Waals surface area contributed by atoms with Crippen LogP contribution in [0.15, 0.2) is 11.2 Å². The van der Waals surface area contributed by atoms with Crippen molar-refractivity contribution in [2.45, 2.75) is 71.9 Å². The van der Waals surface area contributed by atoms with Crippen molar-refractivity contribution >= 4 is 47.4 Å². The van der Waals surface area contributed by atoms with Crippen LogP contribution in [0.1, 0.15) is 57.3 Å². The molecule has 0 saturated heterocycles. The van der Waals surface area contributed by atoms with Gasteiger partial charge in [0.15, 0.2) is 5.96 Å². The predicted octanol–water partition coefficient (Wildman–Crippen LogP) is 3.72. The molecule has 1 amide bonds. The van der Waals surface area contributed by atoms with E-state index in [-0.39, 0.29) is 36.1 Å². The van der Waals surface area contributed by atoms with E-state index in [0.29, 0.717) is 6.54 Å². The minimum atomic E-state index is -0.501. The number of hydrogen-bond donors (Lipinski definition) is 3. The lowest BCUT2D eigenvalue weighted by molar-refractivity contribution is 0.0502. The summed E-state index contributed by atoms with van der Waals surface area (Å²) < 4.78 is 5.34. The van der Waals surface area contributed by atoms with Gasteiger partial charge in [0.2, 0.25) is 0 Å². The maximum atomic E-state index is 12.0. The number of nitrogens with one attached hydrogen (secondary N) is 3. The number of carbonyl (C=O) groups excluding carboxylic acids is 1. The summed E-state index contributed by atoms with van der Waals surface area (Å²) in [6.07, 6.45) is 5.28. The number of thiazole rings is 1. The number of aromatic nitrogens is 1. The Morgan fingerprint density at radius 3 is 2.57 bits per heavy atom. The number of amides is 1. The smallest absolute Gasteiger partial charge is 0.407 e. The van der Waals surface area contributed by atoms with Gasteiger partial charge in [0, 0.05) is 43.7 Å². The summed E-state index contributed by atoms with van der Waals surface area (Å²) in [5.41, 5.74) is -0.501. The van der Waals surface area contributed by atoms with E-state index in [1.54, 1.807) is 18.4 Å². The van der Waals surface area contributed by atoms with Crippen LogP contribution in [-0.4, -0.2) is 48.8 Å². The monoisotopic (exact) mass is 525 g/mol. The van der Waals surface area contributed by atoms with Crippen molar-refractivity contribution in [2.24, 2.45) is 4.99 Å². The first-order chi connectivity index (χ1) is 12.8. The lowest BCUT2D eigenvalue weighted by atomic mass is 10.1. The number of guanidine groups is 1. The normalized spacial score (nSPS) is 12.7. The van der Waals surface area contributed by atoms with Crippen LogP contribution >= 0.6 is 35.3 Å². The largest absolute Gasteiger partial charge is 0.444 e. The van der Waals surface area contributed by atoms with Crippen LogP contribution in [0, 0.1) is 0 Å². The number of carbonyl (C=O) groups is 1. The molecular formula is C19H36IN5O2S. The van der Waals surface area contributed by atoms with E-state index in [9.17, 15) is 4.79 Å². The number of aliphatic imine (C=N–C) groups is 1. The molecule has 0 aliphatic carbocycles. The van der Waals surface area contributed by atoms with Crippen molar-refractivity contribution in [1.82, 2.24) is 20.9 Å². The second kappa shape index (κ2) is 14.0. The van der Waals surface area contributed by atoms with Gasteiger partial charge >= 0.3 is 6.09 Å². The van der Waals surface area contributed by atoms with Crippen LogP contribution in [0.4, 0.5) is 4.79 Å². The SMILES string of the molecule is CCCC(CNC(=NC)NCCc1ncc(CC)s1)NC(=O)OC(C)(C)C.I. The molecule has 7 nitrogen and oxygen atoms in total. The number of ether oxygens (including phenoxy) is 1. The molecule has 28 heavy (non-hydrogen) atoms. The summed E-state index contributed by atoms with van der Waals surface area (Å²) in [5.74, 6) is 0.717. The zero-order valence-corrected chi connectivity index (χ0v) is 21.1. The summed E-state index contributed by atoms with van der Waals surface area (Å²) in [7, 11) is 1.74. The molecule has 3 N–H and O–H groups in total. The van der Waals surface area contributed by atoms with Crippen LogP contribution in [-0.2, 0) is 17.6 Å². The molecule has 0 bridgehead atoms. The van der Waals surface area contributed by atoms with Crippen molar-refractivity contribution in [1.29, 1.82) is 0 Å². The molecule has 1 rings (SSSR count). The first kappa shape index (κ1) is 26.9. The van der Waals surface area contributed by atoms with Crippen molar-refractivity contribution < 1.29 is 9.53 Å². The average molecular weight is 526 g/mol. The van der Waals surface area contributed by atoms with Gasteiger partial charge in [-0.15, -0.1) is 35.3 Å². The van der Waals surface area contributed by atoms with Crippen LogP contribution in [0.5, 0.6) is 0 Å². The van der Waals surface area contributed by atoms with Crippen LogP contribution in [0.2, 0.25) is 0 Å². The molecule has 0 fully saturated rings. The molecule has 0 saturated carbocycles. The number of aryl methyl sites for hydroxylation is 1. The Morgan fingerprint density at radius 2 is 2.04 bits per heavy atom. The fraction of sp³-hybridized carbons (Fsp3) is 0.737. The Labute approximate surface area is 190 Å². The van der Waals surface area contributed by atoms with E-state index in [4.69, 9.17) is 4.74 Å². The summed E-state index contributed by atoms with van der Waals surface area (Å²) in [6, 6.07) is -0.0190. The van der Waals surface area contributed by atoms with Gasteiger partial charge < -0.3 is 20.7 Å². The van der Waals surface area contributed by atoms with Crippen molar-refractivity contribution in [2.75, 3.05) is 20.1 Å². The molecule has 0 aliphatic heterocycles. The van der Waals surface area contributed by atoms with Gasteiger partial charge in [0.05, 0.1) is 5.01 Å². The van der Waals surface area contributed by atoms with E-state index in [0.717, 1.165) is 43.2 Å². The molecule has 0 spiro atoms. The lowest BCUT2D eigenvalue weighted by Gasteiger charge is -2.24. The third kappa shape index (κ3) is 11.7. The molecule has 0 aliphatic rings. The Bertz CT molecular complexity index is 601. The lowest BCUT2D eigenvalue weighted by Crippen LogP contribution is -2.48. The molecule has 0 aromatic carbocycles. The van der Waals surface area contributed by atoms with Crippen LogP contribution in [0.25, 0.3) is 0 Å². The average Bonchev–Trinajstić information content (AvgIpc) is 3.04. The van der Waals surface area contributed by atoms with Gasteiger partial charge in [-0.1, -0.05) is 20.3 Å². The minimum Gasteiger partial charge on any atom is -0.444 e. The van der Waals surface area contributed by atoms with Gasteiger partial charge in [-0.25, -0.2) is 9.78 Å². The molecule has 1 heterocycles. The van der Waals surface area contributed by atoms with Crippen molar-refractivity contribution in [3.63, 3.8) is 0 Å². The van der Waals surface area contributed by atoms with Gasteiger partial charge in [0.25, 0.3) is 0 Å². The van der Waals surface area contributed by atoms with E-state index in [2.05, 4.69) is 39.8 Å². The summed E-state index contributed by atoms with van der Waals surface area (Å²) >= 11 is 1.76. The Morgan fingerprint density at radius 1 is 1.32 bits per heavy atom. The summed E-state index contributed by atoms with van der Waals surface area (Å²) in [6.45, 7) is 11.2. The topological polar surface area (TPSA) is 87.6 Å². The first-order valence-corrected chi connectivity index (χ1v) is 10.5. The van der Waals surface area contributed by atoms with Gasteiger partial charge in [-0.3, -0.25) is 4.99 Å². The molecule has 1 aromatic heterocycles. The standard InChI is InChI=1S/C19H35N5O2S.HI/c1-7-9-14(24-18(25)26-19(3,4)5)12-23-17(20-6)21-11-10-16-22-13-15(8-2)27-16;/h13-14H,7-12H2,1-6H3,(H,24,25)(H2,20,21,23);1H. The predicted molar refractivity (Wildman–Crippen MR) is 128 cm³/mol. The fourth-order valence-electron chi connectivity index (χ4n) is 2.40. The highest BCUT2D eigenvalue weighted by Gasteiger charge is 2.19. The van der Waals surface area contributed by atoms with E-state index >= 15 is 0 Å². The molecule has 9 heteroatoms. The first-order valence-electron chi connectivity index (χ1n) is 9.65. The van der Waals surface area contributed by atoms with Crippen molar-refractivity contribution in [3.05, 3.63) is 16.1 Å². The van der Waals surface area contributed by atoms with Crippen LogP contribution < -0.4 is 16.0 Å². The zero-order valence-electron chi connectivity index (χ0n) is 17.9. The number of alkyl carbamates (subject to hydrolysis) is 1. The third-order valence-corrected chi connectivity index (χ3v) is 4.88. The van der Waals surface area contributed by atoms with Crippen LogP contribution in [0.3, 0.4) is 0 Å². The van der Waals surface area contributed by atoms with E-state index in [1.807, 2.05) is 27.0 Å². The van der Waals surface area contributed by atoms with Crippen molar-refractivity contribution in [3.8, 4) is 0 Å². The zero-order chi connectivity index (χ0) is 20.3. The number of halogens is 1. The molecular weight excluding hydrogens is 489 g/mol. The number of hydrogen-bond acceptors (Lipinski definition) is 5.